The summed E-state index contributed by atoms with van der Waals surface area (Å²) in [5.74, 6) is -0.710. The van der Waals surface area contributed by atoms with E-state index in [1.54, 1.807) is 30.6 Å². The molecular weight excluding hydrogens is 474 g/mol. The van der Waals surface area contributed by atoms with Crippen molar-refractivity contribution in [2.24, 2.45) is 0 Å². The number of rotatable bonds is 11. The average molecular weight is 502 g/mol. The Morgan fingerprint density at radius 3 is 2.42 bits per heavy atom. The molecule has 0 fully saturated rings. The van der Waals surface area contributed by atoms with Crippen molar-refractivity contribution in [2.45, 2.75) is 13.0 Å². The lowest BCUT2D eigenvalue weighted by atomic mass is 10.1. The van der Waals surface area contributed by atoms with Gasteiger partial charge in [-0.1, -0.05) is 54.6 Å². The van der Waals surface area contributed by atoms with E-state index in [0.717, 1.165) is 40.7 Å². The van der Waals surface area contributed by atoms with Gasteiger partial charge in [0.2, 0.25) is 0 Å². The van der Waals surface area contributed by atoms with Gasteiger partial charge in [0.25, 0.3) is 5.91 Å². The van der Waals surface area contributed by atoms with E-state index in [4.69, 9.17) is 14.8 Å². The van der Waals surface area contributed by atoms with Crippen molar-refractivity contribution in [2.75, 3.05) is 25.1 Å². The molecule has 0 aliphatic carbocycles. The molecule has 0 spiro atoms. The van der Waals surface area contributed by atoms with Crippen LogP contribution in [0.25, 0.3) is 11.3 Å². The minimum Gasteiger partial charge on any atom is -0.496 e. The number of nitrogens with zero attached hydrogens (tertiary/aromatic N) is 2. The number of carbonyl (C=O) groups is 2. The molecule has 36 heavy (non-hydrogen) atoms. The summed E-state index contributed by atoms with van der Waals surface area (Å²) in [6.07, 6.45) is 0.861. The normalized spacial score (nSPS) is 10.6. The lowest BCUT2D eigenvalue weighted by Gasteiger charge is -2.22. The molecule has 1 amide bonds. The van der Waals surface area contributed by atoms with Gasteiger partial charge in [0.1, 0.15) is 12.3 Å². The van der Waals surface area contributed by atoms with Crippen LogP contribution >= 0.6 is 11.3 Å². The van der Waals surface area contributed by atoms with Gasteiger partial charge >= 0.3 is 5.97 Å². The van der Waals surface area contributed by atoms with Crippen molar-refractivity contribution in [3.8, 4) is 17.0 Å². The zero-order valence-electron chi connectivity index (χ0n) is 19.9. The fraction of sp³-hybridized carbons (Fsp3) is 0.179. The summed E-state index contributed by atoms with van der Waals surface area (Å²) < 4.78 is 5.52. The number of aliphatic carboxylic acids is 1. The summed E-state index contributed by atoms with van der Waals surface area (Å²) in [5, 5.41) is 14.1. The smallest absolute Gasteiger partial charge is 0.322 e. The van der Waals surface area contributed by atoms with Crippen LogP contribution in [0, 0.1) is 0 Å². The molecule has 2 N–H and O–H groups in total. The summed E-state index contributed by atoms with van der Waals surface area (Å²) >= 11 is 1.58. The first-order chi connectivity index (χ1) is 17.5. The van der Waals surface area contributed by atoms with E-state index < -0.39 is 18.4 Å². The van der Waals surface area contributed by atoms with Crippen molar-refractivity contribution < 1.29 is 19.4 Å². The molecule has 4 aromatic rings. The Morgan fingerprint density at radius 2 is 1.69 bits per heavy atom. The van der Waals surface area contributed by atoms with Gasteiger partial charge in [-0.2, -0.15) is 0 Å². The van der Waals surface area contributed by atoms with E-state index in [0.29, 0.717) is 12.1 Å². The van der Waals surface area contributed by atoms with Crippen LogP contribution in [0.1, 0.15) is 21.5 Å². The van der Waals surface area contributed by atoms with Crippen molar-refractivity contribution in [1.29, 1.82) is 0 Å². The molecule has 3 aromatic carbocycles. The van der Waals surface area contributed by atoms with Crippen LogP contribution < -0.4 is 15.0 Å². The first-order valence-electron chi connectivity index (χ1n) is 11.5. The highest BCUT2D eigenvalue weighted by Gasteiger charge is 2.16. The van der Waals surface area contributed by atoms with E-state index in [9.17, 15) is 9.59 Å². The second kappa shape index (κ2) is 12.0. The predicted octanol–water partition coefficient (Wildman–Crippen LogP) is 4.88. The molecule has 0 unspecified atom stereocenters. The first kappa shape index (κ1) is 24.9. The van der Waals surface area contributed by atoms with Gasteiger partial charge in [0.05, 0.1) is 12.8 Å². The van der Waals surface area contributed by atoms with Crippen LogP contribution in [0.5, 0.6) is 5.75 Å². The Labute approximate surface area is 214 Å². The molecule has 1 aromatic heterocycles. The number of hydrogen-bond acceptors (Lipinski definition) is 6. The minimum atomic E-state index is -1.08. The van der Waals surface area contributed by atoms with E-state index in [-0.39, 0.29) is 0 Å². The molecule has 0 saturated heterocycles. The van der Waals surface area contributed by atoms with E-state index in [1.165, 1.54) is 5.56 Å². The number of ether oxygens (including phenoxy) is 1. The molecule has 8 heteroatoms. The number of thiazole rings is 1. The van der Waals surface area contributed by atoms with Gasteiger partial charge in [0, 0.05) is 29.6 Å². The minimum absolute atomic E-state index is 0.410. The van der Waals surface area contributed by atoms with Gasteiger partial charge in [-0.05, 0) is 41.8 Å². The van der Waals surface area contributed by atoms with Gasteiger partial charge < -0.3 is 20.1 Å². The quantitative estimate of drug-likeness (QED) is 0.304. The summed E-state index contributed by atoms with van der Waals surface area (Å²) in [5.41, 5.74) is 4.50. The van der Waals surface area contributed by atoms with Crippen LogP contribution in [0.2, 0.25) is 0 Å². The number of anilines is 1. The number of hydrogen-bond donors (Lipinski definition) is 2. The molecular formula is C28H27N3O4S. The number of nitrogens with one attached hydrogen (secondary N) is 1. The molecule has 0 saturated carbocycles. The Balaban J connectivity index is 1.54. The Morgan fingerprint density at radius 1 is 0.972 bits per heavy atom. The Hall–Kier alpha value is -4.17. The van der Waals surface area contributed by atoms with Crippen LogP contribution in [-0.4, -0.2) is 42.2 Å². The van der Waals surface area contributed by atoms with Crippen molar-refractivity contribution >= 4 is 28.3 Å². The molecule has 0 atom stereocenters. The first-order valence-corrected chi connectivity index (χ1v) is 12.4. The lowest BCUT2D eigenvalue weighted by molar-refractivity contribution is -0.135. The monoisotopic (exact) mass is 501 g/mol. The fourth-order valence-electron chi connectivity index (χ4n) is 3.78. The number of methoxy groups -OCH3 is 1. The molecule has 0 radical (unpaired) electrons. The molecule has 0 bridgehead atoms. The summed E-state index contributed by atoms with van der Waals surface area (Å²) in [6.45, 7) is 0.971. The number of aromatic nitrogens is 1. The van der Waals surface area contributed by atoms with Crippen molar-refractivity contribution in [1.82, 2.24) is 10.3 Å². The molecule has 184 valence electrons. The largest absolute Gasteiger partial charge is 0.496 e. The third-order valence-corrected chi connectivity index (χ3v) is 6.55. The van der Waals surface area contributed by atoms with Gasteiger partial charge in [-0.15, -0.1) is 11.3 Å². The van der Waals surface area contributed by atoms with Crippen LogP contribution in [0.4, 0.5) is 5.13 Å². The highest BCUT2D eigenvalue weighted by atomic mass is 32.1. The molecule has 0 aliphatic rings. The second-order valence-corrected chi connectivity index (χ2v) is 8.98. The Kier molecular flexibility index (Phi) is 8.31. The average Bonchev–Trinajstić information content (AvgIpc) is 3.40. The van der Waals surface area contributed by atoms with Crippen molar-refractivity contribution in [3.05, 3.63) is 101 Å². The third-order valence-electron chi connectivity index (χ3n) is 5.65. The van der Waals surface area contributed by atoms with E-state index in [1.807, 2.05) is 60.0 Å². The van der Waals surface area contributed by atoms with E-state index >= 15 is 0 Å². The maximum atomic E-state index is 12.1. The number of carboxylic acids is 1. The van der Waals surface area contributed by atoms with Gasteiger partial charge in [0.15, 0.2) is 5.13 Å². The standard InChI is InChI=1S/C28H27N3O4S/c1-35-25-10-6-5-9-23(25)24-19-36-28(30-24)31(16-15-20-7-3-2-4-8-20)18-21-11-13-22(14-12-21)27(34)29-17-26(32)33/h2-14,19H,15-18H2,1H3,(H,29,34)(H,32,33). The summed E-state index contributed by atoms with van der Waals surface area (Å²) in [7, 11) is 1.66. The summed E-state index contributed by atoms with van der Waals surface area (Å²) in [4.78, 5) is 30.0. The molecule has 4 rings (SSSR count). The topological polar surface area (TPSA) is 91.8 Å². The zero-order valence-corrected chi connectivity index (χ0v) is 20.7. The highest BCUT2D eigenvalue weighted by molar-refractivity contribution is 7.14. The second-order valence-electron chi connectivity index (χ2n) is 8.15. The Bertz CT molecular complexity index is 1310. The highest BCUT2D eigenvalue weighted by Crippen LogP contribution is 2.33. The number of carbonyl (C=O) groups excluding carboxylic acids is 1. The van der Waals surface area contributed by atoms with Crippen LogP contribution in [0.3, 0.4) is 0 Å². The predicted molar refractivity (Wildman–Crippen MR) is 142 cm³/mol. The number of carboxylic acid groups (broad SMARTS) is 1. The number of benzene rings is 3. The molecule has 1 heterocycles. The maximum Gasteiger partial charge on any atom is 0.322 e. The van der Waals surface area contributed by atoms with Crippen LogP contribution in [0.15, 0.2) is 84.2 Å². The van der Waals surface area contributed by atoms with Crippen molar-refractivity contribution in [3.63, 3.8) is 0 Å². The summed E-state index contributed by atoms with van der Waals surface area (Å²) in [6, 6.07) is 25.4. The number of amides is 1. The molecule has 0 aliphatic heterocycles. The van der Waals surface area contributed by atoms with Crippen LogP contribution in [-0.2, 0) is 17.8 Å². The van der Waals surface area contributed by atoms with Gasteiger partial charge in [-0.3, -0.25) is 9.59 Å². The third kappa shape index (κ3) is 6.49. The number of para-hydroxylation sites is 1. The maximum absolute atomic E-state index is 12.1. The van der Waals surface area contributed by atoms with Gasteiger partial charge in [-0.25, -0.2) is 4.98 Å². The lowest BCUT2D eigenvalue weighted by Crippen LogP contribution is -2.29. The molecule has 7 nitrogen and oxygen atoms in total. The zero-order chi connectivity index (χ0) is 25.3. The fourth-order valence-corrected chi connectivity index (χ4v) is 4.63. The van der Waals surface area contributed by atoms with E-state index in [2.05, 4.69) is 22.3 Å². The SMILES string of the molecule is COc1ccccc1-c1csc(N(CCc2ccccc2)Cc2ccc(C(=O)NCC(=O)O)cc2)n1.